The molecular weight excluding hydrogens is 191 g/mol. The van der Waals surface area contributed by atoms with E-state index in [4.69, 9.17) is 10.2 Å². The zero-order valence-electron chi connectivity index (χ0n) is 5.48. The van der Waals surface area contributed by atoms with Crippen LogP contribution in [0.1, 0.15) is 6.42 Å². The van der Waals surface area contributed by atoms with Crippen LogP contribution in [0.4, 0.5) is 0 Å². The number of aliphatic carboxylic acids is 1. The fraction of sp³-hybridized carbons (Fsp3) is 0.400. The maximum Gasteiger partial charge on any atom is 0.372 e. The second kappa shape index (κ2) is 6.09. The topological polar surface area (TPSA) is 91.7 Å². The van der Waals surface area contributed by atoms with E-state index in [1.807, 2.05) is 0 Å². The molecule has 6 heteroatoms. The number of carboxylic acids is 1. The van der Waals surface area contributed by atoms with Gasteiger partial charge in [-0.05, 0) is 0 Å². The van der Waals surface area contributed by atoms with Crippen LogP contribution in [-0.4, -0.2) is 34.4 Å². The summed E-state index contributed by atoms with van der Waals surface area (Å²) in [6.45, 7) is -0.793. The van der Waals surface area contributed by atoms with E-state index in [1.165, 1.54) is 0 Å². The molecule has 2 N–H and O–H groups in total. The van der Waals surface area contributed by atoms with Crippen LogP contribution in [0.15, 0.2) is 0 Å². The van der Waals surface area contributed by atoms with E-state index in [-0.39, 0.29) is 18.6 Å². The Labute approximate surface area is 74.3 Å². The second-order valence-corrected chi connectivity index (χ2v) is 1.60. The van der Waals surface area contributed by atoms with Gasteiger partial charge in [-0.2, -0.15) is 0 Å². The number of Topliss-reactive ketones (excluding diaryl/α,β-unsaturated/α-hetero) is 2. The van der Waals surface area contributed by atoms with Crippen LogP contribution >= 0.6 is 0 Å². The van der Waals surface area contributed by atoms with Crippen LogP contribution in [0, 0.1) is 0 Å². The van der Waals surface area contributed by atoms with E-state index in [0.717, 1.165) is 0 Å². The predicted octanol–water partition coefficient (Wildman–Crippen LogP) is -1.41. The predicted molar refractivity (Wildman–Crippen MR) is 29.4 cm³/mol. The summed E-state index contributed by atoms with van der Waals surface area (Å²) in [6.07, 6.45) is -0.730. The van der Waals surface area contributed by atoms with Crippen molar-refractivity contribution in [1.29, 1.82) is 0 Å². The molecule has 0 aromatic rings. The van der Waals surface area contributed by atoms with Crippen molar-refractivity contribution in [2.75, 3.05) is 6.61 Å². The molecule has 0 atom stereocenters. The SMILES string of the molecule is O=C(CO)CC(=O)C(=O)O.[V]. The Morgan fingerprint density at radius 1 is 1.18 bits per heavy atom. The molecule has 0 aliphatic carbocycles. The Kier molecular flexibility index (Phi) is 7.19. The van der Waals surface area contributed by atoms with Gasteiger partial charge in [-0.1, -0.05) is 0 Å². The van der Waals surface area contributed by atoms with Crippen molar-refractivity contribution in [3.8, 4) is 0 Å². The van der Waals surface area contributed by atoms with Crippen LogP contribution in [-0.2, 0) is 32.9 Å². The summed E-state index contributed by atoms with van der Waals surface area (Å²) in [7, 11) is 0. The molecule has 0 unspecified atom stereocenters. The molecule has 11 heavy (non-hydrogen) atoms. The molecule has 0 bridgehead atoms. The van der Waals surface area contributed by atoms with E-state index in [9.17, 15) is 14.4 Å². The van der Waals surface area contributed by atoms with Crippen molar-refractivity contribution >= 4 is 17.5 Å². The first-order chi connectivity index (χ1) is 4.57. The van der Waals surface area contributed by atoms with Gasteiger partial charge in [0, 0.05) is 18.6 Å². The minimum Gasteiger partial charge on any atom is -0.475 e. The molecule has 0 rings (SSSR count). The molecule has 61 valence electrons. The molecule has 0 aromatic heterocycles. The van der Waals surface area contributed by atoms with Crippen LogP contribution in [0.3, 0.4) is 0 Å². The average molecular weight is 197 g/mol. The van der Waals surface area contributed by atoms with Gasteiger partial charge in [0.05, 0.1) is 6.42 Å². The Hall–Kier alpha value is -0.646. The zero-order chi connectivity index (χ0) is 8.15. The molecule has 0 amide bonds. The van der Waals surface area contributed by atoms with E-state index in [0.29, 0.717) is 0 Å². The van der Waals surface area contributed by atoms with Gasteiger partial charge in [0.2, 0.25) is 5.78 Å². The zero-order valence-corrected chi connectivity index (χ0v) is 6.88. The quantitative estimate of drug-likeness (QED) is 0.426. The molecule has 1 radical (unpaired) electrons. The van der Waals surface area contributed by atoms with E-state index >= 15 is 0 Å². The number of hydrogen-bond donors (Lipinski definition) is 2. The third-order valence-electron chi connectivity index (χ3n) is 0.773. The monoisotopic (exact) mass is 197 g/mol. The number of aliphatic hydroxyl groups excluding tert-OH is 1. The van der Waals surface area contributed by atoms with Gasteiger partial charge in [-0.15, -0.1) is 0 Å². The Morgan fingerprint density at radius 3 is 1.91 bits per heavy atom. The first kappa shape index (κ1) is 13.0. The van der Waals surface area contributed by atoms with Crippen LogP contribution in [0.2, 0.25) is 0 Å². The number of carbonyl (C=O) groups excluding carboxylic acids is 2. The second-order valence-electron chi connectivity index (χ2n) is 1.60. The normalized spacial score (nSPS) is 8.09. The van der Waals surface area contributed by atoms with Crippen molar-refractivity contribution < 1.29 is 43.2 Å². The van der Waals surface area contributed by atoms with Crippen molar-refractivity contribution in [2.24, 2.45) is 0 Å². The smallest absolute Gasteiger partial charge is 0.372 e. The number of ketones is 2. The summed E-state index contributed by atoms with van der Waals surface area (Å²) in [4.78, 5) is 30.1. The third-order valence-corrected chi connectivity index (χ3v) is 0.773. The Bertz CT molecular complexity index is 176. The van der Waals surface area contributed by atoms with Crippen LogP contribution < -0.4 is 0 Å². The van der Waals surface area contributed by atoms with E-state index in [2.05, 4.69) is 0 Å². The number of carbonyl (C=O) groups is 3. The van der Waals surface area contributed by atoms with Gasteiger partial charge in [0.1, 0.15) is 6.61 Å². The summed E-state index contributed by atoms with van der Waals surface area (Å²) in [5, 5.41) is 16.0. The van der Waals surface area contributed by atoms with Gasteiger partial charge in [-0.3, -0.25) is 9.59 Å². The maximum absolute atomic E-state index is 10.2. The molecular formula is C5H6O5V. The molecule has 0 fully saturated rings. The number of rotatable bonds is 4. The van der Waals surface area contributed by atoms with Crippen molar-refractivity contribution in [1.82, 2.24) is 0 Å². The maximum atomic E-state index is 10.2. The van der Waals surface area contributed by atoms with Crippen molar-refractivity contribution in [3.05, 3.63) is 0 Å². The van der Waals surface area contributed by atoms with Gasteiger partial charge in [0.25, 0.3) is 0 Å². The molecule has 5 nitrogen and oxygen atoms in total. The Balaban J connectivity index is 0. The molecule has 0 aromatic carbocycles. The molecule has 0 heterocycles. The largest absolute Gasteiger partial charge is 0.475 e. The minimum atomic E-state index is -1.65. The minimum absolute atomic E-state index is 0. The molecule has 0 aliphatic heterocycles. The first-order valence-electron chi connectivity index (χ1n) is 2.46. The summed E-state index contributed by atoms with van der Waals surface area (Å²) in [5.41, 5.74) is 0. The molecule has 0 aliphatic rings. The fourth-order valence-electron chi connectivity index (χ4n) is 0.311. The average Bonchev–Trinajstić information content (AvgIpc) is 1.87. The molecule has 0 saturated heterocycles. The Morgan fingerprint density at radius 2 is 1.64 bits per heavy atom. The van der Waals surface area contributed by atoms with E-state index in [1.54, 1.807) is 0 Å². The van der Waals surface area contributed by atoms with Crippen molar-refractivity contribution in [2.45, 2.75) is 6.42 Å². The molecule has 0 saturated carbocycles. The van der Waals surface area contributed by atoms with Gasteiger partial charge < -0.3 is 10.2 Å². The number of carboxylic acid groups (broad SMARTS) is 1. The number of aliphatic hydroxyl groups is 1. The summed E-state index contributed by atoms with van der Waals surface area (Å²) < 4.78 is 0. The first-order valence-corrected chi connectivity index (χ1v) is 2.46. The summed E-state index contributed by atoms with van der Waals surface area (Å²) >= 11 is 0. The standard InChI is InChI=1S/C5H6O5.V/c6-2-3(7)1-4(8)5(9)10;/h6H,1-2H2,(H,9,10);. The molecule has 0 spiro atoms. The fourth-order valence-corrected chi connectivity index (χ4v) is 0.311. The van der Waals surface area contributed by atoms with Crippen molar-refractivity contribution in [3.63, 3.8) is 0 Å². The van der Waals surface area contributed by atoms with Gasteiger partial charge in [0.15, 0.2) is 5.78 Å². The van der Waals surface area contributed by atoms with Crippen LogP contribution in [0.25, 0.3) is 0 Å². The third kappa shape index (κ3) is 5.78. The van der Waals surface area contributed by atoms with Gasteiger partial charge >= 0.3 is 5.97 Å². The van der Waals surface area contributed by atoms with Gasteiger partial charge in [-0.25, -0.2) is 4.79 Å². The number of hydrogen-bond acceptors (Lipinski definition) is 4. The van der Waals surface area contributed by atoms with E-state index < -0.39 is 30.6 Å². The van der Waals surface area contributed by atoms with Crippen LogP contribution in [0.5, 0.6) is 0 Å². The summed E-state index contributed by atoms with van der Waals surface area (Å²) in [5.74, 6) is -3.63. The summed E-state index contributed by atoms with van der Waals surface area (Å²) in [6, 6.07) is 0.